The van der Waals surface area contributed by atoms with E-state index in [0.29, 0.717) is 36.6 Å². The Balaban J connectivity index is 1.31. The van der Waals surface area contributed by atoms with Gasteiger partial charge in [-0.3, -0.25) is 9.78 Å². The van der Waals surface area contributed by atoms with Gasteiger partial charge in [-0.25, -0.2) is 9.97 Å². The lowest BCUT2D eigenvalue weighted by molar-refractivity contribution is 0.0671. The Labute approximate surface area is 152 Å². The van der Waals surface area contributed by atoms with Crippen LogP contribution in [0.3, 0.4) is 0 Å². The molecule has 2 aromatic heterocycles. The number of hydrogen-bond donors (Lipinski definition) is 0. The molecule has 0 aliphatic carbocycles. The van der Waals surface area contributed by atoms with Crippen molar-refractivity contribution in [1.29, 1.82) is 0 Å². The number of ether oxygens (including phenoxy) is 2. The van der Waals surface area contributed by atoms with E-state index < -0.39 is 0 Å². The zero-order chi connectivity index (χ0) is 17.9. The molecule has 0 unspecified atom stereocenters. The van der Waals surface area contributed by atoms with Crippen LogP contribution in [0.5, 0.6) is 6.01 Å². The number of aromatic nitrogens is 3. The monoisotopic (exact) mass is 354 g/mol. The predicted octanol–water partition coefficient (Wildman–Crippen LogP) is 1.74. The van der Waals surface area contributed by atoms with Crippen molar-refractivity contribution >= 4 is 5.91 Å². The third kappa shape index (κ3) is 3.53. The summed E-state index contributed by atoms with van der Waals surface area (Å²) in [5, 5.41) is 0. The van der Waals surface area contributed by atoms with Gasteiger partial charge in [0.1, 0.15) is 0 Å². The summed E-state index contributed by atoms with van der Waals surface area (Å²) in [4.78, 5) is 26.9. The van der Waals surface area contributed by atoms with E-state index in [4.69, 9.17) is 9.47 Å². The fraction of sp³-hybridized carbons (Fsp3) is 0.474. The number of aryl methyl sites for hydroxylation is 1. The first kappa shape index (κ1) is 16.9. The number of carbonyl (C=O) groups excluding carboxylic acids is 1. The van der Waals surface area contributed by atoms with Gasteiger partial charge in [-0.05, 0) is 37.5 Å². The number of likely N-dealkylation sites (tertiary alicyclic amines) is 1. The highest BCUT2D eigenvalue weighted by atomic mass is 16.5. The van der Waals surface area contributed by atoms with Gasteiger partial charge in [0.25, 0.3) is 5.91 Å². The highest BCUT2D eigenvalue weighted by Gasteiger charge is 2.45. The first-order valence-corrected chi connectivity index (χ1v) is 8.94. The molecule has 7 nitrogen and oxygen atoms in total. The van der Waals surface area contributed by atoms with Crippen LogP contribution in [0, 0.1) is 18.8 Å². The number of hydrogen-bond acceptors (Lipinski definition) is 6. The Bertz CT molecular complexity index is 770. The summed E-state index contributed by atoms with van der Waals surface area (Å²) in [6.07, 6.45) is 5.98. The summed E-state index contributed by atoms with van der Waals surface area (Å²) >= 11 is 0. The van der Waals surface area contributed by atoms with Gasteiger partial charge in [-0.15, -0.1) is 0 Å². The summed E-state index contributed by atoms with van der Waals surface area (Å²) in [6, 6.07) is 5.85. The molecule has 136 valence electrons. The van der Waals surface area contributed by atoms with E-state index in [2.05, 4.69) is 15.0 Å². The highest BCUT2D eigenvalue weighted by Crippen LogP contribution is 2.36. The van der Waals surface area contributed by atoms with E-state index >= 15 is 0 Å². The van der Waals surface area contributed by atoms with E-state index in [9.17, 15) is 4.79 Å². The molecule has 0 bridgehead atoms. The van der Waals surface area contributed by atoms with Gasteiger partial charge in [0, 0.05) is 43.3 Å². The van der Waals surface area contributed by atoms with Crippen LogP contribution in [0.1, 0.15) is 22.5 Å². The Kier molecular flexibility index (Phi) is 4.79. The summed E-state index contributed by atoms with van der Waals surface area (Å²) < 4.78 is 11.6. The van der Waals surface area contributed by atoms with Gasteiger partial charge in [0.2, 0.25) is 0 Å². The average molecular weight is 354 g/mol. The second-order valence-corrected chi connectivity index (χ2v) is 6.87. The van der Waals surface area contributed by atoms with Gasteiger partial charge in [0.15, 0.2) is 0 Å². The minimum atomic E-state index is 0.0271. The summed E-state index contributed by atoms with van der Waals surface area (Å²) in [5.41, 5.74) is 1.52. The number of pyridine rings is 1. The molecular weight excluding hydrogens is 332 g/mol. The maximum Gasteiger partial charge on any atom is 0.316 e. The first-order valence-electron chi connectivity index (χ1n) is 8.94. The molecule has 0 saturated carbocycles. The SMILES string of the molecule is Cc1ccnc(OCC[C@@H]2CO[C@@H]3CN(C(=O)c4cccnc4)C[C@H]23)n1. The molecule has 3 atom stereocenters. The number of amides is 1. The number of nitrogens with zero attached hydrogens (tertiary/aromatic N) is 4. The van der Waals surface area contributed by atoms with Gasteiger partial charge >= 0.3 is 6.01 Å². The van der Waals surface area contributed by atoms with Crippen LogP contribution >= 0.6 is 0 Å². The fourth-order valence-corrected chi connectivity index (χ4v) is 3.73. The van der Waals surface area contributed by atoms with Gasteiger partial charge in [-0.1, -0.05) is 0 Å². The van der Waals surface area contributed by atoms with Crippen molar-refractivity contribution < 1.29 is 14.3 Å². The maximum atomic E-state index is 12.6. The second-order valence-electron chi connectivity index (χ2n) is 6.87. The van der Waals surface area contributed by atoms with E-state index in [1.807, 2.05) is 17.9 Å². The van der Waals surface area contributed by atoms with Crippen LogP contribution in [0.15, 0.2) is 36.8 Å². The fourth-order valence-electron chi connectivity index (χ4n) is 3.73. The standard InChI is InChI=1S/C19H22N4O3/c1-13-4-7-21-19(22-13)25-8-5-15-12-26-17-11-23(10-16(15)17)18(24)14-3-2-6-20-9-14/h2-4,6-7,9,15-17H,5,8,10-12H2,1H3/t15-,16-,17-/m1/s1. The second kappa shape index (κ2) is 7.37. The molecule has 0 aromatic carbocycles. The number of carbonyl (C=O) groups is 1. The average Bonchev–Trinajstić information content (AvgIpc) is 3.24. The minimum Gasteiger partial charge on any atom is -0.463 e. The molecular formula is C19H22N4O3. The van der Waals surface area contributed by atoms with Crippen LogP contribution in [-0.4, -0.2) is 58.2 Å². The van der Waals surface area contributed by atoms with Crippen molar-refractivity contribution in [3.63, 3.8) is 0 Å². The van der Waals surface area contributed by atoms with Crippen molar-refractivity contribution in [3.8, 4) is 6.01 Å². The molecule has 1 amide bonds. The highest BCUT2D eigenvalue weighted by molar-refractivity contribution is 5.94. The molecule has 4 heterocycles. The molecule has 0 radical (unpaired) electrons. The lowest BCUT2D eigenvalue weighted by Crippen LogP contribution is -2.31. The Morgan fingerprint density at radius 1 is 1.35 bits per heavy atom. The van der Waals surface area contributed by atoms with E-state index in [-0.39, 0.29) is 12.0 Å². The molecule has 2 aromatic rings. The van der Waals surface area contributed by atoms with Crippen LogP contribution in [0.25, 0.3) is 0 Å². The van der Waals surface area contributed by atoms with E-state index in [1.165, 1.54) is 0 Å². The zero-order valence-corrected chi connectivity index (χ0v) is 14.7. The van der Waals surface area contributed by atoms with Crippen LogP contribution < -0.4 is 4.74 Å². The van der Waals surface area contributed by atoms with Crippen molar-refractivity contribution in [1.82, 2.24) is 19.9 Å². The van der Waals surface area contributed by atoms with E-state index in [0.717, 1.165) is 25.3 Å². The quantitative estimate of drug-likeness (QED) is 0.814. The Hall–Kier alpha value is -2.54. The molecule has 2 fully saturated rings. The molecule has 0 spiro atoms. The molecule has 2 aliphatic rings. The molecule has 2 aliphatic heterocycles. The lowest BCUT2D eigenvalue weighted by atomic mass is 9.91. The van der Waals surface area contributed by atoms with Crippen molar-refractivity contribution in [2.45, 2.75) is 19.4 Å². The van der Waals surface area contributed by atoms with E-state index in [1.54, 1.807) is 30.7 Å². The summed E-state index contributed by atoms with van der Waals surface area (Å²) in [6.45, 7) is 4.57. The van der Waals surface area contributed by atoms with Crippen LogP contribution in [-0.2, 0) is 4.74 Å². The first-order chi connectivity index (χ1) is 12.7. The minimum absolute atomic E-state index is 0.0271. The predicted molar refractivity (Wildman–Crippen MR) is 93.7 cm³/mol. The molecule has 7 heteroatoms. The molecule has 0 N–H and O–H groups in total. The number of rotatable bonds is 5. The summed E-state index contributed by atoms with van der Waals surface area (Å²) in [5.74, 6) is 0.772. The number of fused-ring (bicyclic) bond motifs is 1. The van der Waals surface area contributed by atoms with Crippen LogP contribution in [0.2, 0.25) is 0 Å². The Morgan fingerprint density at radius 2 is 2.27 bits per heavy atom. The summed E-state index contributed by atoms with van der Waals surface area (Å²) in [7, 11) is 0. The largest absolute Gasteiger partial charge is 0.463 e. The third-order valence-electron chi connectivity index (χ3n) is 5.13. The molecule has 26 heavy (non-hydrogen) atoms. The normalized spacial score (nSPS) is 24.5. The smallest absolute Gasteiger partial charge is 0.316 e. The van der Waals surface area contributed by atoms with Gasteiger partial charge in [-0.2, -0.15) is 0 Å². The van der Waals surface area contributed by atoms with Crippen LogP contribution in [0.4, 0.5) is 0 Å². The van der Waals surface area contributed by atoms with Gasteiger partial charge < -0.3 is 14.4 Å². The third-order valence-corrected chi connectivity index (χ3v) is 5.13. The zero-order valence-electron chi connectivity index (χ0n) is 14.7. The van der Waals surface area contributed by atoms with Gasteiger partial charge in [0.05, 0.1) is 24.9 Å². The molecule has 4 rings (SSSR count). The molecule has 2 saturated heterocycles. The Morgan fingerprint density at radius 3 is 3.08 bits per heavy atom. The van der Waals surface area contributed by atoms with Crippen molar-refractivity contribution in [3.05, 3.63) is 48.0 Å². The topological polar surface area (TPSA) is 77.4 Å². The van der Waals surface area contributed by atoms with Crippen molar-refractivity contribution in [2.24, 2.45) is 11.8 Å². The maximum absolute atomic E-state index is 12.6. The van der Waals surface area contributed by atoms with Crippen molar-refractivity contribution in [2.75, 3.05) is 26.3 Å². The lowest BCUT2D eigenvalue weighted by Gasteiger charge is -2.19.